The Kier molecular flexibility index (Phi) is 4.90. The molecule has 9 heteroatoms. The van der Waals surface area contributed by atoms with E-state index in [-0.39, 0.29) is 11.4 Å². The molecule has 0 atom stereocenters. The SMILES string of the molecule is O=C(NCC(F)(F)F)Nc1ccc(OC(F)F)cc1. The average Bonchev–Trinajstić information content (AvgIpc) is 2.28. The molecule has 1 aromatic rings. The molecule has 0 aliphatic heterocycles. The van der Waals surface area contributed by atoms with Crippen molar-refractivity contribution in [3.05, 3.63) is 24.3 Å². The van der Waals surface area contributed by atoms with Crippen molar-refractivity contribution in [2.45, 2.75) is 12.8 Å². The van der Waals surface area contributed by atoms with Crippen LogP contribution in [0.15, 0.2) is 24.3 Å². The molecule has 0 saturated carbocycles. The summed E-state index contributed by atoms with van der Waals surface area (Å²) in [4.78, 5) is 11.0. The highest BCUT2D eigenvalue weighted by molar-refractivity contribution is 5.89. The number of halogens is 5. The van der Waals surface area contributed by atoms with Gasteiger partial charge in [0.2, 0.25) is 0 Å². The Hall–Kier alpha value is -2.06. The number of carbonyl (C=O) groups excluding carboxylic acids is 1. The maximum atomic E-state index is 11.8. The lowest BCUT2D eigenvalue weighted by molar-refractivity contribution is -0.122. The Morgan fingerprint density at radius 3 is 2.26 bits per heavy atom. The largest absolute Gasteiger partial charge is 0.435 e. The van der Waals surface area contributed by atoms with E-state index in [0.717, 1.165) is 12.1 Å². The summed E-state index contributed by atoms with van der Waals surface area (Å²) in [7, 11) is 0. The van der Waals surface area contributed by atoms with E-state index in [1.54, 1.807) is 5.32 Å². The van der Waals surface area contributed by atoms with Crippen LogP contribution in [-0.4, -0.2) is 25.4 Å². The van der Waals surface area contributed by atoms with Gasteiger partial charge in [-0.1, -0.05) is 0 Å². The standard InChI is InChI=1S/C10H9F5N2O2/c11-8(12)19-7-3-1-6(2-4-7)17-9(18)16-5-10(13,14)15/h1-4,8H,5H2,(H2,16,17,18). The second-order valence-corrected chi connectivity index (χ2v) is 3.33. The van der Waals surface area contributed by atoms with Gasteiger partial charge < -0.3 is 15.4 Å². The molecule has 19 heavy (non-hydrogen) atoms. The van der Waals surface area contributed by atoms with Crippen molar-refractivity contribution in [2.75, 3.05) is 11.9 Å². The molecule has 0 bridgehead atoms. The fourth-order valence-electron chi connectivity index (χ4n) is 1.08. The van der Waals surface area contributed by atoms with Crippen molar-refractivity contribution in [2.24, 2.45) is 0 Å². The van der Waals surface area contributed by atoms with Crippen LogP contribution in [0.3, 0.4) is 0 Å². The number of alkyl halides is 5. The van der Waals surface area contributed by atoms with Gasteiger partial charge in [0.05, 0.1) is 0 Å². The van der Waals surface area contributed by atoms with Gasteiger partial charge in [-0.2, -0.15) is 22.0 Å². The predicted molar refractivity (Wildman–Crippen MR) is 56.2 cm³/mol. The van der Waals surface area contributed by atoms with Gasteiger partial charge in [-0.15, -0.1) is 0 Å². The first-order valence-electron chi connectivity index (χ1n) is 4.93. The molecule has 2 N–H and O–H groups in total. The molecular weight excluding hydrogens is 275 g/mol. The van der Waals surface area contributed by atoms with Gasteiger partial charge in [-0.3, -0.25) is 0 Å². The number of hydrogen-bond acceptors (Lipinski definition) is 2. The maximum absolute atomic E-state index is 11.8. The minimum Gasteiger partial charge on any atom is -0.435 e. The summed E-state index contributed by atoms with van der Waals surface area (Å²) in [6.07, 6.45) is -4.51. The van der Waals surface area contributed by atoms with Crippen LogP contribution >= 0.6 is 0 Å². The molecule has 0 aromatic heterocycles. The van der Waals surface area contributed by atoms with Crippen molar-refractivity contribution >= 4 is 11.7 Å². The monoisotopic (exact) mass is 284 g/mol. The first kappa shape index (κ1) is 15.0. The average molecular weight is 284 g/mol. The number of ether oxygens (including phenoxy) is 1. The van der Waals surface area contributed by atoms with Crippen LogP contribution in [0, 0.1) is 0 Å². The minimum absolute atomic E-state index is 0.128. The number of urea groups is 1. The lowest BCUT2D eigenvalue weighted by Gasteiger charge is -2.10. The molecule has 4 nitrogen and oxygen atoms in total. The third kappa shape index (κ3) is 6.43. The first-order chi connectivity index (χ1) is 8.76. The van der Waals surface area contributed by atoms with Gasteiger partial charge in [-0.25, -0.2) is 4.79 Å². The summed E-state index contributed by atoms with van der Waals surface area (Å²) in [5.74, 6) is -0.128. The molecular formula is C10H9F5N2O2. The molecule has 0 spiro atoms. The number of carbonyl (C=O) groups is 1. The Balaban J connectivity index is 2.47. The van der Waals surface area contributed by atoms with E-state index in [4.69, 9.17) is 0 Å². The van der Waals surface area contributed by atoms with Gasteiger partial charge in [0, 0.05) is 5.69 Å². The number of amides is 2. The molecule has 0 radical (unpaired) electrons. The van der Waals surface area contributed by atoms with Crippen molar-refractivity contribution in [3.63, 3.8) is 0 Å². The molecule has 1 aromatic carbocycles. The Labute approximate surface area is 104 Å². The summed E-state index contributed by atoms with van der Waals surface area (Å²) in [5, 5.41) is 3.69. The molecule has 0 saturated heterocycles. The highest BCUT2D eigenvalue weighted by Gasteiger charge is 2.27. The number of anilines is 1. The van der Waals surface area contributed by atoms with E-state index in [1.807, 2.05) is 0 Å². The van der Waals surface area contributed by atoms with Crippen LogP contribution in [0.1, 0.15) is 0 Å². The molecule has 0 unspecified atom stereocenters. The van der Waals surface area contributed by atoms with Gasteiger partial charge in [0.1, 0.15) is 12.3 Å². The molecule has 0 heterocycles. The third-order valence-electron chi connectivity index (χ3n) is 1.79. The fourth-order valence-corrected chi connectivity index (χ4v) is 1.08. The van der Waals surface area contributed by atoms with Crippen LogP contribution in [0.25, 0.3) is 0 Å². The fraction of sp³-hybridized carbons (Fsp3) is 0.300. The van der Waals surface area contributed by atoms with E-state index < -0.39 is 25.4 Å². The van der Waals surface area contributed by atoms with Gasteiger partial charge in [0.25, 0.3) is 0 Å². The quantitative estimate of drug-likeness (QED) is 0.835. The van der Waals surface area contributed by atoms with Gasteiger partial charge in [-0.05, 0) is 24.3 Å². The predicted octanol–water partition coefficient (Wildman–Crippen LogP) is 2.97. The Morgan fingerprint density at radius 2 is 1.79 bits per heavy atom. The minimum atomic E-state index is -4.51. The zero-order chi connectivity index (χ0) is 14.5. The van der Waals surface area contributed by atoms with E-state index >= 15 is 0 Å². The van der Waals surface area contributed by atoms with E-state index in [2.05, 4.69) is 10.1 Å². The molecule has 2 amide bonds. The van der Waals surface area contributed by atoms with Crippen molar-refractivity contribution in [1.82, 2.24) is 5.32 Å². The number of benzene rings is 1. The maximum Gasteiger partial charge on any atom is 0.405 e. The first-order valence-corrected chi connectivity index (χ1v) is 4.93. The summed E-state index contributed by atoms with van der Waals surface area (Å²) >= 11 is 0. The van der Waals surface area contributed by atoms with Crippen LogP contribution < -0.4 is 15.4 Å². The van der Waals surface area contributed by atoms with E-state index in [1.165, 1.54) is 12.1 Å². The number of nitrogens with one attached hydrogen (secondary N) is 2. The molecule has 1 rings (SSSR count). The normalized spacial score (nSPS) is 11.3. The molecule has 106 valence electrons. The second kappa shape index (κ2) is 6.21. The Bertz CT molecular complexity index is 419. The van der Waals surface area contributed by atoms with Crippen molar-refractivity contribution in [3.8, 4) is 5.75 Å². The summed E-state index contributed by atoms with van der Waals surface area (Å²) in [6, 6.07) is 3.66. The van der Waals surface area contributed by atoms with Crippen LogP contribution in [0.4, 0.5) is 32.4 Å². The third-order valence-corrected chi connectivity index (χ3v) is 1.79. The molecule has 0 aliphatic rings. The second-order valence-electron chi connectivity index (χ2n) is 3.33. The summed E-state index contributed by atoms with van der Waals surface area (Å²) < 4.78 is 63.1. The highest BCUT2D eigenvalue weighted by atomic mass is 19.4. The topological polar surface area (TPSA) is 50.4 Å². The zero-order valence-corrected chi connectivity index (χ0v) is 9.30. The van der Waals surface area contributed by atoms with Crippen LogP contribution in [0.2, 0.25) is 0 Å². The van der Waals surface area contributed by atoms with E-state index in [0.29, 0.717) is 0 Å². The number of hydrogen-bond donors (Lipinski definition) is 2. The van der Waals surface area contributed by atoms with Crippen molar-refractivity contribution < 1.29 is 31.5 Å². The summed E-state index contributed by atoms with van der Waals surface area (Å²) in [5.41, 5.74) is 0.140. The Morgan fingerprint density at radius 1 is 1.21 bits per heavy atom. The lowest BCUT2D eigenvalue weighted by atomic mass is 10.3. The van der Waals surface area contributed by atoms with Crippen molar-refractivity contribution in [1.29, 1.82) is 0 Å². The van der Waals surface area contributed by atoms with E-state index in [9.17, 15) is 26.7 Å². The van der Waals surface area contributed by atoms with Gasteiger partial charge in [0.15, 0.2) is 0 Å². The molecule has 0 aliphatic carbocycles. The smallest absolute Gasteiger partial charge is 0.405 e. The zero-order valence-electron chi connectivity index (χ0n) is 9.30. The molecule has 0 fully saturated rings. The van der Waals surface area contributed by atoms with Gasteiger partial charge >= 0.3 is 18.8 Å². The highest BCUT2D eigenvalue weighted by Crippen LogP contribution is 2.17. The number of rotatable bonds is 4. The van der Waals surface area contributed by atoms with Crippen LogP contribution in [-0.2, 0) is 0 Å². The van der Waals surface area contributed by atoms with Crippen LogP contribution in [0.5, 0.6) is 5.75 Å². The summed E-state index contributed by atoms with van der Waals surface area (Å²) in [6.45, 7) is -4.44. The lowest BCUT2D eigenvalue weighted by Crippen LogP contribution is -2.36.